The van der Waals surface area contributed by atoms with E-state index < -0.39 is 0 Å². The van der Waals surface area contributed by atoms with Crippen LogP contribution in [0.25, 0.3) is 0 Å². The monoisotopic (exact) mass is 469 g/mol. The summed E-state index contributed by atoms with van der Waals surface area (Å²) in [5.74, 6) is 1.06. The van der Waals surface area contributed by atoms with Crippen LogP contribution in [0.4, 0.5) is 17.6 Å². The Balaban J connectivity index is 1.66. The molecule has 1 aliphatic carbocycles. The van der Waals surface area contributed by atoms with Gasteiger partial charge < -0.3 is 26.4 Å². The van der Waals surface area contributed by atoms with Crippen molar-refractivity contribution in [3.05, 3.63) is 35.7 Å². The maximum absolute atomic E-state index is 13.0. The largest absolute Gasteiger partial charge is 0.393 e. The molecule has 0 unspecified atom stereocenters. The van der Waals surface area contributed by atoms with Gasteiger partial charge in [-0.1, -0.05) is 26.3 Å². The highest BCUT2D eigenvalue weighted by molar-refractivity contribution is 5.98. The Morgan fingerprint density at radius 3 is 2.56 bits per heavy atom. The highest BCUT2D eigenvalue weighted by Gasteiger charge is 2.22. The van der Waals surface area contributed by atoms with Crippen LogP contribution < -0.4 is 21.3 Å². The lowest BCUT2D eigenvalue weighted by molar-refractivity contribution is -0.115. The number of hydrogen-bond acceptors (Lipinski definition) is 8. The van der Waals surface area contributed by atoms with Gasteiger partial charge in [0.05, 0.1) is 6.10 Å². The van der Waals surface area contributed by atoms with Crippen LogP contribution in [0.2, 0.25) is 0 Å². The molecule has 0 radical (unpaired) electrons. The number of unbranched alkanes of at least 4 members (excludes halogenated alkanes) is 1. The van der Waals surface area contributed by atoms with E-state index in [4.69, 9.17) is 0 Å². The first-order chi connectivity index (χ1) is 16.5. The molecule has 0 aliphatic heterocycles. The van der Waals surface area contributed by atoms with Gasteiger partial charge in [-0.2, -0.15) is 4.98 Å². The number of pyridine rings is 1. The second-order valence-electron chi connectivity index (χ2n) is 8.52. The van der Waals surface area contributed by atoms with Crippen LogP contribution in [-0.4, -0.2) is 50.6 Å². The zero-order valence-corrected chi connectivity index (χ0v) is 19.9. The number of rotatable bonds is 11. The van der Waals surface area contributed by atoms with Crippen LogP contribution in [0.1, 0.15) is 74.7 Å². The minimum absolute atomic E-state index is 0.103. The van der Waals surface area contributed by atoms with E-state index in [0.717, 1.165) is 50.6 Å². The zero-order valence-electron chi connectivity index (χ0n) is 19.9. The standard InChI is InChI=1S/C24H35N7O3/c1-3-5-12-25-24-28-15-19(22(31-24)29-17-7-9-18(32)10-8-17)23(34)27-14-16-6-11-20(26-13-16)30-21(33)4-2/h6,11,13,15,17-18,32H,3-5,7-10,12,14H2,1-2H3,(H,27,34)(H,26,30,33)(H2,25,28,29,31). The van der Waals surface area contributed by atoms with Gasteiger partial charge >= 0.3 is 0 Å². The summed E-state index contributed by atoms with van der Waals surface area (Å²) in [5.41, 5.74) is 1.17. The van der Waals surface area contributed by atoms with E-state index in [1.165, 1.54) is 6.20 Å². The Kier molecular flexibility index (Phi) is 9.57. The van der Waals surface area contributed by atoms with E-state index in [-0.39, 0.29) is 30.5 Å². The lowest BCUT2D eigenvalue weighted by Crippen LogP contribution is -2.31. The first-order valence-electron chi connectivity index (χ1n) is 12.1. The number of aliphatic hydroxyl groups excluding tert-OH is 1. The molecule has 1 saturated carbocycles. The number of anilines is 3. The summed E-state index contributed by atoms with van der Waals surface area (Å²) < 4.78 is 0. The molecular formula is C24H35N7O3. The number of carbonyl (C=O) groups is 2. The number of aromatic nitrogens is 3. The molecule has 0 spiro atoms. The molecule has 2 amide bonds. The molecule has 0 aromatic carbocycles. The predicted molar refractivity (Wildman–Crippen MR) is 132 cm³/mol. The Bertz CT molecular complexity index is 944. The first kappa shape index (κ1) is 25.4. The Morgan fingerprint density at radius 1 is 1.09 bits per heavy atom. The van der Waals surface area contributed by atoms with Crippen molar-refractivity contribution >= 4 is 29.4 Å². The van der Waals surface area contributed by atoms with Gasteiger partial charge in [-0.15, -0.1) is 0 Å². The van der Waals surface area contributed by atoms with E-state index in [9.17, 15) is 14.7 Å². The fourth-order valence-corrected chi connectivity index (χ4v) is 3.65. The third-order valence-electron chi connectivity index (χ3n) is 5.75. The summed E-state index contributed by atoms with van der Waals surface area (Å²) in [5, 5.41) is 22.0. The summed E-state index contributed by atoms with van der Waals surface area (Å²) in [6, 6.07) is 3.66. The quantitative estimate of drug-likeness (QED) is 0.316. The third-order valence-corrected chi connectivity index (χ3v) is 5.75. The van der Waals surface area contributed by atoms with Gasteiger partial charge in [0.25, 0.3) is 5.91 Å². The van der Waals surface area contributed by atoms with Gasteiger partial charge in [0.1, 0.15) is 17.2 Å². The van der Waals surface area contributed by atoms with Crippen molar-refractivity contribution in [2.75, 3.05) is 22.5 Å². The molecule has 0 saturated heterocycles. The number of nitrogens with zero attached hydrogens (tertiary/aromatic N) is 3. The molecule has 5 N–H and O–H groups in total. The van der Waals surface area contributed by atoms with Gasteiger partial charge in [0, 0.05) is 37.9 Å². The summed E-state index contributed by atoms with van der Waals surface area (Å²) in [6.45, 7) is 4.93. The molecule has 1 aliphatic rings. The Labute approximate surface area is 200 Å². The first-order valence-corrected chi connectivity index (χ1v) is 12.1. The lowest BCUT2D eigenvalue weighted by atomic mass is 9.93. The van der Waals surface area contributed by atoms with Crippen molar-refractivity contribution in [1.29, 1.82) is 0 Å². The maximum Gasteiger partial charge on any atom is 0.256 e. The molecule has 10 nitrogen and oxygen atoms in total. The third kappa shape index (κ3) is 7.65. The van der Waals surface area contributed by atoms with Crippen LogP contribution in [0.15, 0.2) is 24.5 Å². The normalized spacial score (nSPS) is 17.6. The molecule has 3 rings (SSSR count). The fraction of sp³-hybridized carbons (Fsp3) is 0.542. The lowest BCUT2D eigenvalue weighted by Gasteiger charge is -2.27. The van der Waals surface area contributed by atoms with E-state index in [1.807, 2.05) is 6.07 Å². The number of hydrogen-bond donors (Lipinski definition) is 5. The molecule has 2 aromatic heterocycles. The van der Waals surface area contributed by atoms with Crippen LogP contribution in [-0.2, 0) is 11.3 Å². The van der Waals surface area contributed by atoms with Crippen molar-refractivity contribution in [2.45, 2.75) is 77.5 Å². The molecule has 1 fully saturated rings. The van der Waals surface area contributed by atoms with Crippen LogP contribution in [0.3, 0.4) is 0 Å². The summed E-state index contributed by atoms with van der Waals surface area (Å²) in [6.07, 6.45) is 8.44. The molecule has 34 heavy (non-hydrogen) atoms. The molecular weight excluding hydrogens is 434 g/mol. The topological polar surface area (TPSA) is 141 Å². The highest BCUT2D eigenvalue weighted by Crippen LogP contribution is 2.24. The smallest absolute Gasteiger partial charge is 0.256 e. The second kappa shape index (κ2) is 12.8. The molecule has 0 atom stereocenters. The zero-order chi connectivity index (χ0) is 24.3. The summed E-state index contributed by atoms with van der Waals surface area (Å²) in [4.78, 5) is 37.6. The van der Waals surface area contributed by atoms with E-state index in [2.05, 4.69) is 43.1 Å². The van der Waals surface area contributed by atoms with Crippen LogP contribution >= 0.6 is 0 Å². The van der Waals surface area contributed by atoms with Crippen LogP contribution in [0.5, 0.6) is 0 Å². The minimum atomic E-state index is -0.290. The molecule has 2 aromatic rings. The van der Waals surface area contributed by atoms with Crippen molar-refractivity contribution in [3.8, 4) is 0 Å². The van der Waals surface area contributed by atoms with E-state index >= 15 is 0 Å². The summed E-state index contributed by atoms with van der Waals surface area (Å²) >= 11 is 0. The SMILES string of the molecule is CCCCNc1ncc(C(=O)NCc2ccc(NC(=O)CC)nc2)c(NC2CCC(O)CC2)n1. The minimum Gasteiger partial charge on any atom is -0.393 e. The Morgan fingerprint density at radius 2 is 1.88 bits per heavy atom. The molecule has 10 heteroatoms. The molecule has 0 bridgehead atoms. The van der Waals surface area contributed by atoms with E-state index in [1.54, 1.807) is 19.2 Å². The van der Waals surface area contributed by atoms with Crippen molar-refractivity contribution in [3.63, 3.8) is 0 Å². The van der Waals surface area contributed by atoms with Gasteiger partial charge in [-0.05, 0) is 43.7 Å². The van der Waals surface area contributed by atoms with E-state index in [0.29, 0.717) is 29.6 Å². The fourth-order valence-electron chi connectivity index (χ4n) is 3.65. The average molecular weight is 470 g/mol. The number of amides is 2. The number of carbonyl (C=O) groups excluding carboxylic acids is 2. The number of aliphatic hydroxyl groups is 1. The molecule has 2 heterocycles. The summed E-state index contributed by atoms with van der Waals surface area (Å²) in [7, 11) is 0. The van der Waals surface area contributed by atoms with Gasteiger partial charge in [0.2, 0.25) is 11.9 Å². The van der Waals surface area contributed by atoms with Gasteiger partial charge in [-0.25, -0.2) is 9.97 Å². The maximum atomic E-state index is 13.0. The predicted octanol–water partition coefficient (Wildman–Crippen LogP) is 3.08. The average Bonchev–Trinajstić information content (AvgIpc) is 2.85. The van der Waals surface area contributed by atoms with Crippen molar-refractivity contribution in [2.24, 2.45) is 0 Å². The highest BCUT2D eigenvalue weighted by atomic mass is 16.3. The van der Waals surface area contributed by atoms with Crippen molar-refractivity contribution < 1.29 is 14.7 Å². The van der Waals surface area contributed by atoms with Gasteiger partial charge in [-0.3, -0.25) is 9.59 Å². The second-order valence-corrected chi connectivity index (χ2v) is 8.52. The van der Waals surface area contributed by atoms with Gasteiger partial charge in [0.15, 0.2) is 0 Å². The number of nitrogens with one attached hydrogen (secondary N) is 4. The Hall–Kier alpha value is -3.27. The molecule has 184 valence electrons. The van der Waals surface area contributed by atoms with Crippen LogP contribution in [0, 0.1) is 0 Å². The van der Waals surface area contributed by atoms with Crippen molar-refractivity contribution in [1.82, 2.24) is 20.3 Å².